The van der Waals surface area contributed by atoms with E-state index in [0.717, 1.165) is 18.4 Å². The third kappa shape index (κ3) is 3.21. The van der Waals surface area contributed by atoms with Crippen LogP contribution in [0.5, 0.6) is 0 Å². The summed E-state index contributed by atoms with van der Waals surface area (Å²) in [5.74, 6) is 0.776. The molecule has 1 aliphatic rings. The normalized spacial score (nSPS) is 24.8. The van der Waals surface area contributed by atoms with Gasteiger partial charge < -0.3 is 0 Å². The van der Waals surface area contributed by atoms with Gasteiger partial charge in [0.2, 0.25) is 10.0 Å². The summed E-state index contributed by atoms with van der Waals surface area (Å²) >= 11 is 9.14. The van der Waals surface area contributed by atoms with E-state index in [4.69, 9.17) is 11.6 Å². The molecule has 0 saturated carbocycles. The van der Waals surface area contributed by atoms with Crippen LogP contribution in [0.3, 0.4) is 0 Å². The van der Waals surface area contributed by atoms with Gasteiger partial charge in [0.15, 0.2) is 0 Å². The second-order valence-electron chi connectivity index (χ2n) is 5.50. The molecule has 0 N–H and O–H groups in total. The van der Waals surface area contributed by atoms with Crippen LogP contribution in [0.4, 0.5) is 0 Å². The zero-order valence-electron chi connectivity index (χ0n) is 11.6. The average Bonchev–Trinajstić information content (AvgIpc) is 2.40. The van der Waals surface area contributed by atoms with E-state index in [1.54, 1.807) is 22.5 Å². The second kappa shape index (κ2) is 6.34. The van der Waals surface area contributed by atoms with E-state index in [9.17, 15) is 8.42 Å². The van der Waals surface area contributed by atoms with Crippen molar-refractivity contribution in [1.82, 2.24) is 4.31 Å². The monoisotopic (exact) mass is 379 g/mol. The number of alkyl halides is 1. The van der Waals surface area contributed by atoms with Crippen molar-refractivity contribution >= 4 is 37.6 Å². The molecule has 6 heteroatoms. The van der Waals surface area contributed by atoms with Crippen LogP contribution in [0.2, 0.25) is 0 Å². The highest BCUT2D eigenvalue weighted by molar-refractivity contribution is 9.10. The molecular formula is C14H19BrClNO2S. The fourth-order valence-corrected chi connectivity index (χ4v) is 5.58. The van der Waals surface area contributed by atoms with Crippen molar-refractivity contribution < 1.29 is 8.42 Å². The summed E-state index contributed by atoms with van der Waals surface area (Å²) in [4.78, 5) is 0.326. The van der Waals surface area contributed by atoms with E-state index in [1.165, 1.54) is 0 Å². The quantitative estimate of drug-likeness (QED) is 0.743. The first-order valence-electron chi connectivity index (χ1n) is 6.72. The lowest BCUT2D eigenvalue weighted by Crippen LogP contribution is -2.44. The molecule has 0 aromatic heterocycles. The predicted octanol–water partition coefficient (Wildman–Crippen LogP) is 4.00. The van der Waals surface area contributed by atoms with Crippen LogP contribution in [0.1, 0.15) is 32.3 Å². The number of nitrogens with zero attached hydrogens (tertiary/aromatic N) is 1. The summed E-state index contributed by atoms with van der Waals surface area (Å²) in [5, 5.41) is 0. The number of hydrogen-bond donors (Lipinski definition) is 0. The standard InChI is InChI=1S/C14H19BrClNO2S/c1-10-3-4-11(2)17(9-10)20(18,19)14-6-5-12(8-16)7-13(14)15/h5-7,10-11H,3-4,8-9H2,1-2H3. The molecule has 1 saturated heterocycles. The predicted molar refractivity (Wildman–Crippen MR) is 85.5 cm³/mol. The molecule has 2 unspecified atom stereocenters. The van der Waals surface area contributed by atoms with E-state index in [0.29, 0.717) is 27.7 Å². The maximum atomic E-state index is 12.8. The highest BCUT2D eigenvalue weighted by Crippen LogP contribution is 2.32. The van der Waals surface area contributed by atoms with E-state index >= 15 is 0 Å². The molecule has 0 bridgehead atoms. The number of piperidine rings is 1. The topological polar surface area (TPSA) is 37.4 Å². The molecule has 0 aliphatic carbocycles. The molecule has 1 aromatic rings. The number of hydrogen-bond acceptors (Lipinski definition) is 2. The van der Waals surface area contributed by atoms with Gasteiger partial charge in [0, 0.05) is 22.9 Å². The largest absolute Gasteiger partial charge is 0.244 e. The van der Waals surface area contributed by atoms with Gasteiger partial charge in [-0.05, 0) is 59.3 Å². The van der Waals surface area contributed by atoms with Crippen LogP contribution in [0.25, 0.3) is 0 Å². The smallest absolute Gasteiger partial charge is 0.207 e. The molecule has 2 rings (SSSR count). The highest BCUT2D eigenvalue weighted by Gasteiger charge is 2.34. The first-order valence-corrected chi connectivity index (χ1v) is 9.49. The minimum atomic E-state index is -3.46. The first kappa shape index (κ1) is 16.3. The Morgan fingerprint density at radius 2 is 2.05 bits per heavy atom. The van der Waals surface area contributed by atoms with Gasteiger partial charge >= 0.3 is 0 Å². The summed E-state index contributed by atoms with van der Waals surface area (Å²) in [6.07, 6.45) is 2.00. The van der Waals surface area contributed by atoms with Gasteiger partial charge in [-0.15, -0.1) is 11.6 Å². The van der Waals surface area contributed by atoms with Gasteiger partial charge in [-0.25, -0.2) is 8.42 Å². The lowest BCUT2D eigenvalue weighted by molar-refractivity contribution is 0.218. The molecule has 1 heterocycles. The molecule has 112 valence electrons. The Kier molecular flexibility index (Phi) is 5.16. The molecular weight excluding hydrogens is 362 g/mol. The molecule has 3 nitrogen and oxygen atoms in total. The number of rotatable bonds is 3. The number of sulfonamides is 1. The molecule has 20 heavy (non-hydrogen) atoms. The van der Waals surface area contributed by atoms with Crippen molar-refractivity contribution in [1.29, 1.82) is 0 Å². The van der Waals surface area contributed by atoms with Gasteiger partial charge in [-0.1, -0.05) is 13.0 Å². The van der Waals surface area contributed by atoms with Crippen LogP contribution in [0.15, 0.2) is 27.6 Å². The van der Waals surface area contributed by atoms with Crippen LogP contribution < -0.4 is 0 Å². The summed E-state index contributed by atoms with van der Waals surface area (Å²) < 4.78 is 27.9. The van der Waals surface area contributed by atoms with E-state index in [2.05, 4.69) is 22.9 Å². The Bertz CT molecular complexity index is 591. The molecule has 1 fully saturated rings. The Hall–Kier alpha value is -0.100. The molecule has 0 amide bonds. The lowest BCUT2D eigenvalue weighted by atomic mass is 9.97. The Morgan fingerprint density at radius 1 is 1.35 bits per heavy atom. The molecule has 1 aromatic carbocycles. The molecule has 1 aliphatic heterocycles. The maximum absolute atomic E-state index is 12.8. The zero-order valence-corrected chi connectivity index (χ0v) is 14.8. The highest BCUT2D eigenvalue weighted by atomic mass is 79.9. The lowest BCUT2D eigenvalue weighted by Gasteiger charge is -2.35. The molecule has 0 radical (unpaired) electrons. The van der Waals surface area contributed by atoms with Crippen LogP contribution in [0, 0.1) is 5.92 Å². The van der Waals surface area contributed by atoms with Crippen molar-refractivity contribution in [2.75, 3.05) is 6.54 Å². The van der Waals surface area contributed by atoms with Crippen molar-refractivity contribution in [2.45, 2.75) is 43.5 Å². The summed E-state index contributed by atoms with van der Waals surface area (Å²) in [5.41, 5.74) is 0.901. The van der Waals surface area contributed by atoms with Gasteiger partial charge in [-0.3, -0.25) is 0 Å². The number of halogens is 2. The fourth-order valence-electron chi connectivity index (χ4n) is 2.55. The van der Waals surface area contributed by atoms with Crippen LogP contribution in [-0.2, 0) is 15.9 Å². The van der Waals surface area contributed by atoms with Gasteiger partial charge in [-0.2, -0.15) is 4.31 Å². The fraction of sp³-hybridized carbons (Fsp3) is 0.571. The maximum Gasteiger partial charge on any atom is 0.244 e. The van der Waals surface area contributed by atoms with Crippen molar-refractivity contribution in [3.05, 3.63) is 28.2 Å². The van der Waals surface area contributed by atoms with Crippen LogP contribution >= 0.6 is 27.5 Å². The van der Waals surface area contributed by atoms with Gasteiger partial charge in [0.1, 0.15) is 0 Å². The van der Waals surface area contributed by atoms with Gasteiger partial charge in [0.25, 0.3) is 0 Å². The number of benzene rings is 1. The summed E-state index contributed by atoms with van der Waals surface area (Å²) in [6, 6.07) is 5.24. The zero-order chi connectivity index (χ0) is 14.9. The van der Waals surface area contributed by atoms with Crippen molar-refractivity contribution in [3.8, 4) is 0 Å². The SMILES string of the molecule is CC1CCC(C)N(S(=O)(=O)c2ccc(CCl)cc2Br)C1. The van der Waals surface area contributed by atoms with E-state index < -0.39 is 10.0 Å². The van der Waals surface area contributed by atoms with Crippen molar-refractivity contribution in [3.63, 3.8) is 0 Å². The van der Waals surface area contributed by atoms with Crippen LogP contribution in [-0.4, -0.2) is 25.3 Å². The Balaban J connectivity index is 2.39. The molecule has 2 atom stereocenters. The Labute approximate surface area is 134 Å². The van der Waals surface area contributed by atoms with E-state index in [1.807, 2.05) is 6.92 Å². The van der Waals surface area contributed by atoms with Crippen molar-refractivity contribution in [2.24, 2.45) is 5.92 Å². The minimum Gasteiger partial charge on any atom is -0.207 e. The first-order chi connectivity index (χ1) is 9.36. The average molecular weight is 381 g/mol. The summed E-state index contributed by atoms with van der Waals surface area (Å²) in [7, 11) is -3.46. The third-order valence-corrected chi connectivity index (χ3v) is 7.06. The van der Waals surface area contributed by atoms with E-state index in [-0.39, 0.29) is 6.04 Å². The third-order valence-electron chi connectivity index (χ3n) is 3.80. The minimum absolute atomic E-state index is 0.0517. The summed E-state index contributed by atoms with van der Waals surface area (Å²) in [6.45, 7) is 4.66. The van der Waals surface area contributed by atoms with Gasteiger partial charge in [0.05, 0.1) is 4.90 Å². The second-order valence-corrected chi connectivity index (χ2v) is 8.49. The Morgan fingerprint density at radius 3 is 2.65 bits per heavy atom. The molecule has 0 spiro atoms.